The van der Waals surface area contributed by atoms with Gasteiger partial charge in [0.15, 0.2) is 9.84 Å². The van der Waals surface area contributed by atoms with E-state index in [1.54, 1.807) is 0 Å². The first-order chi connectivity index (χ1) is 11.7. The molecule has 0 radical (unpaired) electrons. The van der Waals surface area contributed by atoms with Crippen LogP contribution in [0, 0.1) is 13.8 Å². The summed E-state index contributed by atoms with van der Waals surface area (Å²) < 4.78 is 50.0. The molecule has 25 heavy (non-hydrogen) atoms. The van der Waals surface area contributed by atoms with Gasteiger partial charge in [-0.1, -0.05) is 23.8 Å². The number of hydrogen-bond donors (Lipinski definition) is 0. The highest BCUT2D eigenvalue weighted by Crippen LogP contribution is 2.23. The Labute approximate surface area is 150 Å². The molecule has 0 aromatic heterocycles. The molecule has 140 valence electrons. The Hall–Kier alpha value is -0.960. The van der Waals surface area contributed by atoms with Gasteiger partial charge in [-0.3, -0.25) is 4.90 Å². The molecule has 0 bridgehead atoms. The summed E-state index contributed by atoms with van der Waals surface area (Å²) >= 11 is 0. The molecule has 0 N–H and O–H groups in total. The SMILES string of the molecule is Cc1ccc(C)c(CN2CCN(S(=O)(=O)C3CCS(=O)(=O)C3)CC2)c1. The third-order valence-electron chi connectivity index (χ3n) is 5.20. The molecular weight excluding hydrogens is 360 g/mol. The Bertz CT molecular complexity index is 841. The quantitative estimate of drug-likeness (QED) is 0.770. The van der Waals surface area contributed by atoms with Gasteiger partial charge in [0.05, 0.1) is 16.8 Å². The van der Waals surface area contributed by atoms with Crippen LogP contribution in [0.3, 0.4) is 0 Å². The van der Waals surface area contributed by atoms with Crippen LogP contribution >= 0.6 is 0 Å². The minimum Gasteiger partial charge on any atom is -0.296 e. The van der Waals surface area contributed by atoms with Crippen LogP contribution in [0.25, 0.3) is 0 Å². The van der Waals surface area contributed by atoms with Crippen LogP contribution in [0.2, 0.25) is 0 Å². The molecule has 0 saturated carbocycles. The van der Waals surface area contributed by atoms with E-state index in [0.29, 0.717) is 26.2 Å². The molecule has 2 aliphatic heterocycles. The van der Waals surface area contributed by atoms with E-state index >= 15 is 0 Å². The summed E-state index contributed by atoms with van der Waals surface area (Å²) in [6.07, 6.45) is 0.230. The average molecular weight is 387 g/mol. The van der Waals surface area contributed by atoms with Crippen LogP contribution < -0.4 is 0 Å². The fourth-order valence-electron chi connectivity index (χ4n) is 3.56. The number of sulfonamides is 1. The van der Waals surface area contributed by atoms with E-state index in [2.05, 4.69) is 36.9 Å². The molecular formula is C17H26N2O4S2. The molecule has 1 aromatic rings. The Kier molecular flexibility index (Phi) is 5.26. The predicted octanol–water partition coefficient (Wildman–Crippen LogP) is 0.938. The van der Waals surface area contributed by atoms with E-state index in [4.69, 9.17) is 0 Å². The summed E-state index contributed by atoms with van der Waals surface area (Å²) in [6, 6.07) is 6.40. The summed E-state index contributed by atoms with van der Waals surface area (Å²) in [4.78, 5) is 2.26. The minimum absolute atomic E-state index is 0.0104. The summed E-state index contributed by atoms with van der Waals surface area (Å²) in [6.45, 7) is 7.20. The fourth-order valence-corrected chi connectivity index (χ4v) is 8.07. The molecule has 2 saturated heterocycles. The molecule has 2 aliphatic rings. The van der Waals surface area contributed by atoms with Crippen LogP contribution in [-0.2, 0) is 26.4 Å². The van der Waals surface area contributed by atoms with Crippen molar-refractivity contribution in [2.24, 2.45) is 0 Å². The van der Waals surface area contributed by atoms with Crippen LogP contribution in [0.5, 0.6) is 0 Å². The standard InChI is InChI=1S/C17H26N2O4S2/c1-14-3-4-15(2)16(11-14)12-18-6-8-19(9-7-18)25(22,23)17-5-10-24(20,21)13-17/h3-4,11,17H,5-10,12-13H2,1-2H3. The number of sulfone groups is 1. The third kappa shape index (κ3) is 4.24. The van der Waals surface area contributed by atoms with E-state index in [-0.39, 0.29) is 17.9 Å². The molecule has 1 unspecified atom stereocenters. The van der Waals surface area contributed by atoms with Gasteiger partial charge in [0.1, 0.15) is 0 Å². The summed E-state index contributed by atoms with van der Waals surface area (Å²) in [5.41, 5.74) is 3.75. The Morgan fingerprint density at radius 3 is 2.40 bits per heavy atom. The van der Waals surface area contributed by atoms with Crippen molar-refractivity contribution in [1.29, 1.82) is 0 Å². The second kappa shape index (κ2) is 6.98. The normalized spacial score (nSPS) is 25.3. The lowest BCUT2D eigenvalue weighted by molar-refractivity contribution is 0.180. The van der Waals surface area contributed by atoms with Crippen molar-refractivity contribution < 1.29 is 16.8 Å². The topological polar surface area (TPSA) is 74.8 Å². The molecule has 1 aromatic carbocycles. The lowest BCUT2D eigenvalue weighted by Gasteiger charge is -2.35. The third-order valence-corrected chi connectivity index (χ3v) is 9.51. The highest BCUT2D eigenvalue weighted by Gasteiger charge is 2.41. The van der Waals surface area contributed by atoms with Gasteiger partial charge < -0.3 is 0 Å². The Morgan fingerprint density at radius 2 is 1.80 bits per heavy atom. The first-order valence-electron chi connectivity index (χ1n) is 8.65. The zero-order valence-corrected chi connectivity index (χ0v) is 16.4. The maximum atomic E-state index is 12.7. The maximum Gasteiger partial charge on any atom is 0.218 e. The van der Waals surface area contributed by atoms with Crippen molar-refractivity contribution in [1.82, 2.24) is 9.21 Å². The summed E-state index contributed by atoms with van der Waals surface area (Å²) in [5.74, 6) is -0.235. The Balaban J connectivity index is 1.61. The second-order valence-electron chi connectivity index (χ2n) is 7.18. The van der Waals surface area contributed by atoms with Crippen molar-refractivity contribution >= 4 is 19.9 Å². The zero-order chi connectivity index (χ0) is 18.2. The molecule has 2 heterocycles. The average Bonchev–Trinajstić information content (AvgIpc) is 2.92. The zero-order valence-electron chi connectivity index (χ0n) is 14.8. The van der Waals surface area contributed by atoms with Gasteiger partial charge in [0.2, 0.25) is 10.0 Å². The smallest absolute Gasteiger partial charge is 0.218 e. The lowest BCUT2D eigenvalue weighted by atomic mass is 10.1. The van der Waals surface area contributed by atoms with E-state index in [1.807, 2.05) is 0 Å². The van der Waals surface area contributed by atoms with Crippen LogP contribution in [-0.4, -0.2) is 69.0 Å². The minimum atomic E-state index is -3.52. The predicted molar refractivity (Wildman–Crippen MR) is 98.7 cm³/mol. The summed E-state index contributed by atoms with van der Waals surface area (Å²) in [7, 11) is -6.71. The van der Waals surface area contributed by atoms with Crippen molar-refractivity contribution in [3.05, 3.63) is 34.9 Å². The van der Waals surface area contributed by atoms with Gasteiger partial charge in [-0.15, -0.1) is 0 Å². The largest absolute Gasteiger partial charge is 0.296 e. The van der Waals surface area contributed by atoms with Crippen LogP contribution in [0.15, 0.2) is 18.2 Å². The van der Waals surface area contributed by atoms with Gasteiger partial charge in [0.25, 0.3) is 0 Å². The van der Waals surface area contributed by atoms with Gasteiger partial charge in [-0.05, 0) is 31.4 Å². The van der Waals surface area contributed by atoms with Gasteiger partial charge in [-0.25, -0.2) is 16.8 Å². The first-order valence-corrected chi connectivity index (χ1v) is 12.0. The van der Waals surface area contributed by atoms with E-state index in [0.717, 1.165) is 6.54 Å². The monoisotopic (exact) mass is 386 g/mol. The highest BCUT2D eigenvalue weighted by atomic mass is 32.2. The molecule has 3 rings (SSSR count). The Morgan fingerprint density at radius 1 is 1.12 bits per heavy atom. The number of aryl methyl sites for hydroxylation is 2. The molecule has 8 heteroatoms. The van der Waals surface area contributed by atoms with E-state index < -0.39 is 25.1 Å². The van der Waals surface area contributed by atoms with Crippen molar-refractivity contribution in [2.75, 3.05) is 37.7 Å². The number of piperazine rings is 1. The van der Waals surface area contributed by atoms with Gasteiger partial charge in [0, 0.05) is 32.7 Å². The molecule has 0 amide bonds. The van der Waals surface area contributed by atoms with Crippen molar-refractivity contribution in [3.63, 3.8) is 0 Å². The fraction of sp³-hybridized carbons (Fsp3) is 0.647. The second-order valence-corrected chi connectivity index (χ2v) is 11.6. The van der Waals surface area contributed by atoms with Crippen molar-refractivity contribution in [2.45, 2.75) is 32.1 Å². The van der Waals surface area contributed by atoms with E-state index in [9.17, 15) is 16.8 Å². The van der Waals surface area contributed by atoms with E-state index in [1.165, 1.54) is 21.0 Å². The molecule has 2 fully saturated rings. The van der Waals surface area contributed by atoms with Crippen LogP contribution in [0.4, 0.5) is 0 Å². The number of rotatable bonds is 4. The van der Waals surface area contributed by atoms with Crippen LogP contribution in [0.1, 0.15) is 23.1 Å². The first kappa shape index (κ1) is 18.8. The molecule has 6 nitrogen and oxygen atoms in total. The maximum absolute atomic E-state index is 12.7. The summed E-state index contributed by atoms with van der Waals surface area (Å²) in [5, 5.41) is -0.761. The number of nitrogens with zero attached hydrogens (tertiary/aromatic N) is 2. The molecule has 0 aliphatic carbocycles. The number of benzene rings is 1. The molecule has 0 spiro atoms. The lowest BCUT2D eigenvalue weighted by Crippen LogP contribution is -2.51. The number of hydrogen-bond acceptors (Lipinski definition) is 5. The van der Waals surface area contributed by atoms with Gasteiger partial charge in [-0.2, -0.15) is 4.31 Å². The highest BCUT2D eigenvalue weighted by molar-refractivity contribution is 7.95. The van der Waals surface area contributed by atoms with Gasteiger partial charge >= 0.3 is 0 Å². The molecule has 1 atom stereocenters. The van der Waals surface area contributed by atoms with Crippen molar-refractivity contribution in [3.8, 4) is 0 Å².